The summed E-state index contributed by atoms with van der Waals surface area (Å²) in [5, 5.41) is 3.74. The third-order valence-corrected chi connectivity index (χ3v) is 2.74. The summed E-state index contributed by atoms with van der Waals surface area (Å²) in [5.74, 6) is 1.06. The molecule has 0 saturated heterocycles. The molecule has 1 rings (SSSR count). The SMILES string of the molecule is CCC(C)[C@H](N)c1nc(CCOCC(F)F)no1. The maximum absolute atomic E-state index is 11.8. The van der Waals surface area contributed by atoms with Crippen LogP contribution in [0.4, 0.5) is 8.78 Å². The van der Waals surface area contributed by atoms with Crippen LogP contribution in [0.5, 0.6) is 0 Å². The Balaban J connectivity index is 2.38. The summed E-state index contributed by atoms with van der Waals surface area (Å²) in [7, 11) is 0. The first-order valence-corrected chi connectivity index (χ1v) is 5.98. The molecular weight excluding hydrogens is 244 g/mol. The van der Waals surface area contributed by atoms with Crippen LogP contribution in [-0.2, 0) is 11.2 Å². The summed E-state index contributed by atoms with van der Waals surface area (Å²) in [4.78, 5) is 4.13. The second-order valence-electron chi connectivity index (χ2n) is 4.18. The molecule has 18 heavy (non-hydrogen) atoms. The van der Waals surface area contributed by atoms with Gasteiger partial charge in [-0.3, -0.25) is 0 Å². The Morgan fingerprint density at radius 2 is 2.17 bits per heavy atom. The first kappa shape index (κ1) is 15.0. The highest BCUT2D eigenvalue weighted by Crippen LogP contribution is 2.19. The molecule has 2 N–H and O–H groups in total. The normalized spacial score (nSPS) is 15.0. The Kier molecular flexibility index (Phi) is 6.14. The van der Waals surface area contributed by atoms with E-state index >= 15 is 0 Å². The first-order chi connectivity index (χ1) is 8.54. The third kappa shape index (κ3) is 4.66. The Hall–Kier alpha value is -1.08. The second kappa shape index (κ2) is 7.38. The number of halogens is 2. The predicted octanol–water partition coefficient (Wildman–Crippen LogP) is 1.94. The van der Waals surface area contributed by atoms with Gasteiger partial charge in [-0.2, -0.15) is 4.98 Å². The maximum Gasteiger partial charge on any atom is 0.261 e. The summed E-state index contributed by atoms with van der Waals surface area (Å²) < 4.78 is 33.4. The molecule has 0 aromatic carbocycles. The first-order valence-electron chi connectivity index (χ1n) is 5.98. The van der Waals surface area contributed by atoms with Gasteiger partial charge in [0, 0.05) is 6.42 Å². The zero-order valence-corrected chi connectivity index (χ0v) is 10.6. The van der Waals surface area contributed by atoms with Gasteiger partial charge >= 0.3 is 0 Å². The lowest BCUT2D eigenvalue weighted by Gasteiger charge is -2.12. The van der Waals surface area contributed by atoms with Crippen LogP contribution in [0.2, 0.25) is 0 Å². The average molecular weight is 263 g/mol. The quantitative estimate of drug-likeness (QED) is 0.725. The molecule has 7 heteroatoms. The fraction of sp³-hybridized carbons (Fsp3) is 0.818. The van der Waals surface area contributed by atoms with Crippen molar-refractivity contribution in [1.82, 2.24) is 10.1 Å². The molecule has 5 nitrogen and oxygen atoms in total. The van der Waals surface area contributed by atoms with Crippen molar-refractivity contribution in [3.63, 3.8) is 0 Å². The molecule has 0 bridgehead atoms. The van der Waals surface area contributed by atoms with Crippen LogP contribution in [0, 0.1) is 5.92 Å². The Labute approximate surface area is 105 Å². The van der Waals surface area contributed by atoms with Crippen molar-refractivity contribution in [2.24, 2.45) is 11.7 Å². The van der Waals surface area contributed by atoms with Crippen molar-refractivity contribution in [3.8, 4) is 0 Å². The smallest absolute Gasteiger partial charge is 0.261 e. The Morgan fingerprint density at radius 1 is 1.44 bits per heavy atom. The van der Waals surface area contributed by atoms with Crippen molar-refractivity contribution in [3.05, 3.63) is 11.7 Å². The Bertz CT molecular complexity index is 347. The summed E-state index contributed by atoms with van der Waals surface area (Å²) >= 11 is 0. The number of ether oxygens (including phenoxy) is 1. The number of nitrogens with zero attached hydrogens (tertiary/aromatic N) is 2. The highest BCUT2D eigenvalue weighted by atomic mass is 19.3. The van der Waals surface area contributed by atoms with Gasteiger partial charge < -0.3 is 15.0 Å². The summed E-state index contributed by atoms with van der Waals surface area (Å²) in [5.41, 5.74) is 5.93. The minimum Gasteiger partial charge on any atom is -0.375 e. The molecule has 1 aromatic rings. The van der Waals surface area contributed by atoms with Gasteiger partial charge in [-0.05, 0) is 5.92 Å². The molecule has 2 atom stereocenters. The average Bonchev–Trinajstić information content (AvgIpc) is 2.81. The van der Waals surface area contributed by atoms with Crippen molar-refractivity contribution < 1.29 is 18.0 Å². The monoisotopic (exact) mass is 263 g/mol. The molecule has 1 heterocycles. The second-order valence-corrected chi connectivity index (χ2v) is 4.18. The van der Waals surface area contributed by atoms with E-state index in [0.29, 0.717) is 18.1 Å². The van der Waals surface area contributed by atoms with Gasteiger partial charge in [0.25, 0.3) is 6.43 Å². The van der Waals surface area contributed by atoms with Crippen molar-refractivity contribution >= 4 is 0 Å². The molecular formula is C11H19F2N3O2. The number of alkyl halides is 2. The summed E-state index contributed by atoms with van der Waals surface area (Å²) in [6.45, 7) is 3.60. The van der Waals surface area contributed by atoms with Gasteiger partial charge in [-0.25, -0.2) is 8.78 Å². The van der Waals surface area contributed by atoms with E-state index in [1.807, 2.05) is 13.8 Å². The molecule has 0 aliphatic heterocycles. The van der Waals surface area contributed by atoms with Crippen LogP contribution < -0.4 is 5.73 Å². The van der Waals surface area contributed by atoms with E-state index in [1.165, 1.54) is 0 Å². The van der Waals surface area contributed by atoms with Crippen LogP contribution in [0.15, 0.2) is 4.52 Å². The molecule has 0 aliphatic rings. The molecule has 0 fully saturated rings. The standard InChI is InChI=1S/C11H19F2N3O2/c1-3-7(2)10(14)11-15-9(16-18-11)4-5-17-6-8(12)13/h7-8,10H,3-6,14H2,1-2H3/t7?,10-/m0/s1. The molecule has 104 valence electrons. The third-order valence-electron chi connectivity index (χ3n) is 2.74. The van der Waals surface area contributed by atoms with Crippen LogP contribution in [0.25, 0.3) is 0 Å². The topological polar surface area (TPSA) is 74.2 Å². The molecule has 0 spiro atoms. The predicted molar refractivity (Wildman–Crippen MR) is 61.2 cm³/mol. The van der Waals surface area contributed by atoms with E-state index in [1.54, 1.807) is 0 Å². The Morgan fingerprint density at radius 3 is 2.78 bits per heavy atom. The van der Waals surface area contributed by atoms with Gasteiger partial charge in [-0.15, -0.1) is 0 Å². The van der Waals surface area contributed by atoms with E-state index in [2.05, 4.69) is 10.1 Å². The largest absolute Gasteiger partial charge is 0.375 e. The van der Waals surface area contributed by atoms with Crippen LogP contribution in [-0.4, -0.2) is 29.8 Å². The van der Waals surface area contributed by atoms with E-state index in [9.17, 15) is 8.78 Å². The van der Waals surface area contributed by atoms with Crippen LogP contribution in [0.1, 0.15) is 38.0 Å². The maximum atomic E-state index is 11.8. The van der Waals surface area contributed by atoms with Crippen molar-refractivity contribution in [2.75, 3.05) is 13.2 Å². The van der Waals surface area contributed by atoms with Crippen molar-refractivity contribution in [1.29, 1.82) is 0 Å². The number of hydrogen-bond acceptors (Lipinski definition) is 5. The minimum absolute atomic E-state index is 0.141. The minimum atomic E-state index is -2.45. The summed E-state index contributed by atoms with van der Waals surface area (Å²) in [6, 6.07) is -0.293. The number of nitrogens with two attached hydrogens (primary N) is 1. The van der Waals surface area contributed by atoms with Gasteiger partial charge in [0.2, 0.25) is 5.89 Å². The van der Waals surface area contributed by atoms with E-state index in [0.717, 1.165) is 6.42 Å². The van der Waals surface area contributed by atoms with Gasteiger partial charge in [0.05, 0.1) is 12.6 Å². The lowest BCUT2D eigenvalue weighted by atomic mass is 10.0. The molecule has 0 amide bonds. The van der Waals surface area contributed by atoms with Gasteiger partial charge in [-0.1, -0.05) is 25.4 Å². The van der Waals surface area contributed by atoms with E-state index in [4.69, 9.17) is 15.0 Å². The number of rotatable bonds is 8. The van der Waals surface area contributed by atoms with E-state index in [-0.39, 0.29) is 18.6 Å². The molecule has 0 radical (unpaired) electrons. The number of aromatic nitrogens is 2. The van der Waals surface area contributed by atoms with E-state index < -0.39 is 13.0 Å². The number of hydrogen-bond donors (Lipinski definition) is 1. The zero-order valence-electron chi connectivity index (χ0n) is 10.6. The zero-order chi connectivity index (χ0) is 13.5. The van der Waals surface area contributed by atoms with Crippen LogP contribution >= 0.6 is 0 Å². The fourth-order valence-electron chi connectivity index (χ4n) is 1.34. The van der Waals surface area contributed by atoms with Gasteiger partial charge in [0.15, 0.2) is 5.82 Å². The highest BCUT2D eigenvalue weighted by molar-refractivity contribution is 4.93. The summed E-state index contributed by atoms with van der Waals surface area (Å²) in [6.07, 6.45) is -1.20. The molecule has 1 aromatic heterocycles. The molecule has 0 saturated carbocycles. The lowest BCUT2D eigenvalue weighted by molar-refractivity contribution is 0.0182. The molecule has 1 unspecified atom stereocenters. The van der Waals surface area contributed by atoms with Gasteiger partial charge in [0.1, 0.15) is 6.61 Å². The van der Waals surface area contributed by atoms with Crippen molar-refractivity contribution in [2.45, 2.75) is 39.2 Å². The fourth-order valence-corrected chi connectivity index (χ4v) is 1.34. The highest BCUT2D eigenvalue weighted by Gasteiger charge is 2.19. The molecule has 0 aliphatic carbocycles. The lowest BCUT2D eigenvalue weighted by Crippen LogP contribution is -2.19. The van der Waals surface area contributed by atoms with Crippen LogP contribution in [0.3, 0.4) is 0 Å².